The molecule has 118 valence electrons. The number of amides is 1. The molecule has 0 radical (unpaired) electrons. The molecule has 0 bridgehead atoms. The number of benzene rings is 1. The second kappa shape index (κ2) is 7.13. The lowest BCUT2D eigenvalue weighted by Gasteiger charge is -2.08. The number of carboxylic acid groups (broad SMARTS) is 2. The number of anilines is 1. The normalized spacial score (nSPS) is 11.5. The minimum atomic E-state index is -1.50. The van der Waals surface area contributed by atoms with E-state index < -0.39 is 40.1 Å². The maximum absolute atomic E-state index is 11.6. The summed E-state index contributed by atoms with van der Waals surface area (Å²) in [5.41, 5.74) is 4.13. The van der Waals surface area contributed by atoms with E-state index in [1.807, 2.05) is 0 Å². The fraction of sp³-hybridized carbons (Fsp3) is 0.250. The second-order valence-electron chi connectivity index (χ2n) is 4.33. The number of carboxylic acids is 2. The van der Waals surface area contributed by atoms with E-state index in [0.29, 0.717) is 0 Å². The lowest BCUT2D eigenvalue weighted by Crippen LogP contribution is -2.31. The first-order valence-electron chi connectivity index (χ1n) is 6.02. The van der Waals surface area contributed by atoms with E-state index in [4.69, 9.17) is 15.9 Å². The lowest BCUT2D eigenvalue weighted by atomic mass is 10.1. The second-order valence-corrected chi connectivity index (χ2v) is 4.33. The smallest absolute Gasteiger partial charge is 0.342 e. The average molecular weight is 311 g/mol. The highest BCUT2D eigenvalue weighted by Gasteiger charge is 2.20. The van der Waals surface area contributed by atoms with Crippen molar-refractivity contribution in [3.63, 3.8) is 0 Å². The van der Waals surface area contributed by atoms with Crippen molar-refractivity contribution < 1.29 is 29.5 Å². The van der Waals surface area contributed by atoms with Crippen LogP contribution in [0.3, 0.4) is 0 Å². The molecule has 0 aliphatic rings. The zero-order valence-electron chi connectivity index (χ0n) is 11.2. The molecule has 0 heterocycles. The van der Waals surface area contributed by atoms with Gasteiger partial charge in [-0.2, -0.15) is 0 Å². The molecule has 22 heavy (non-hydrogen) atoms. The zero-order valence-corrected chi connectivity index (χ0v) is 11.2. The number of nitrogens with zero attached hydrogens (tertiary/aromatic N) is 1. The molecule has 0 saturated carbocycles. The summed E-state index contributed by atoms with van der Waals surface area (Å²) in [5.74, 6) is -3.33. The Labute approximate surface area is 123 Å². The van der Waals surface area contributed by atoms with Gasteiger partial charge in [0.25, 0.3) is 5.69 Å². The third-order valence-electron chi connectivity index (χ3n) is 2.71. The number of nitrogens with two attached hydrogens (primary N) is 1. The molecule has 10 heteroatoms. The first kappa shape index (κ1) is 17.0. The van der Waals surface area contributed by atoms with E-state index in [1.165, 1.54) is 6.07 Å². The molecule has 0 aliphatic carbocycles. The van der Waals surface area contributed by atoms with Gasteiger partial charge in [-0.1, -0.05) is 0 Å². The highest BCUT2D eigenvalue weighted by atomic mass is 16.6. The van der Waals surface area contributed by atoms with Gasteiger partial charge in [0.2, 0.25) is 5.91 Å². The van der Waals surface area contributed by atoms with Crippen LogP contribution in [0.5, 0.6) is 0 Å². The van der Waals surface area contributed by atoms with Crippen molar-refractivity contribution in [2.45, 2.75) is 18.9 Å². The van der Waals surface area contributed by atoms with Crippen molar-refractivity contribution in [2.75, 3.05) is 5.32 Å². The fourth-order valence-electron chi connectivity index (χ4n) is 1.58. The van der Waals surface area contributed by atoms with Crippen molar-refractivity contribution in [3.05, 3.63) is 33.9 Å². The zero-order chi connectivity index (χ0) is 16.9. The van der Waals surface area contributed by atoms with Crippen LogP contribution in [0.4, 0.5) is 11.4 Å². The molecule has 0 saturated heterocycles. The molecule has 0 aliphatic heterocycles. The van der Waals surface area contributed by atoms with Crippen LogP contribution in [-0.4, -0.2) is 39.0 Å². The van der Waals surface area contributed by atoms with Gasteiger partial charge in [-0.15, -0.1) is 0 Å². The van der Waals surface area contributed by atoms with Gasteiger partial charge in [0.05, 0.1) is 4.92 Å². The maximum atomic E-state index is 11.6. The Morgan fingerprint density at radius 1 is 1.32 bits per heavy atom. The molecule has 1 aromatic rings. The van der Waals surface area contributed by atoms with Gasteiger partial charge in [-0.3, -0.25) is 19.7 Å². The Balaban J connectivity index is 2.80. The molecule has 10 nitrogen and oxygen atoms in total. The average Bonchev–Trinajstić information content (AvgIpc) is 2.44. The van der Waals surface area contributed by atoms with Gasteiger partial charge >= 0.3 is 11.9 Å². The van der Waals surface area contributed by atoms with E-state index >= 15 is 0 Å². The topological polar surface area (TPSA) is 173 Å². The Bertz CT molecular complexity index is 629. The minimum Gasteiger partial charge on any atom is -0.480 e. The first-order valence-corrected chi connectivity index (χ1v) is 6.02. The monoisotopic (exact) mass is 311 g/mol. The van der Waals surface area contributed by atoms with E-state index in [9.17, 15) is 24.5 Å². The summed E-state index contributed by atoms with van der Waals surface area (Å²) in [6.45, 7) is 0. The highest BCUT2D eigenvalue weighted by Crippen LogP contribution is 2.22. The Kier molecular flexibility index (Phi) is 5.52. The summed E-state index contributed by atoms with van der Waals surface area (Å²) < 4.78 is 0. The van der Waals surface area contributed by atoms with Gasteiger partial charge in [0.15, 0.2) is 0 Å². The minimum absolute atomic E-state index is 0.0527. The molecule has 1 amide bonds. The number of carbonyl (C=O) groups excluding carboxylic acids is 1. The number of nitrogens with one attached hydrogen (secondary N) is 1. The molecule has 0 spiro atoms. The molecule has 0 unspecified atom stereocenters. The first-order chi connectivity index (χ1) is 10.2. The van der Waals surface area contributed by atoms with E-state index in [1.54, 1.807) is 0 Å². The third-order valence-corrected chi connectivity index (χ3v) is 2.71. The molecular formula is C12H13N3O7. The van der Waals surface area contributed by atoms with E-state index in [0.717, 1.165) is 12.1 Å². The van der Waals surface area contributed by atoms with Crippen molar-refractivity contribution in [2.24, 2.45) is 5.73 Å². The molecule has 5 N–H and O–H groups in total. The Morgan fingerprint density at radius 3 is 2.45 bits per heavy atom. The van der Waals surface area contributed by atoms with Crippen molar-refractivity contribution in [3.8, 4) is 0 Å². The van der Waals surface area contributed by atoms with Gasteiger partial charge < -0.3 is 21.3 Å². The Hall–Kier alpha value is -3.01. The lowest BCUT2D eigenvalue weighted by molar-refractivity contribution is -0.385. The number of rotatable bonds is 7. The van der Waals surface area contributed by atoms with Gasteiger partial charge in [-0.05, 0) is 18.6 Å². The molecule has 1 atom stereocenters. The summed E-state index contributed by atoms with van der Waals surface area (Å²) in [7, 11) is 0. The van der Waals surface area contributed by atoms with Crippen molar-refractivity contribution in [1.29, 1.82) is 0 Å². The molecule has 0 fully saturated rings. The summed E-state index contributed by atoms with van der Waals surface area (Å²) in [6, 6.07) is 1.91. The van der Waals surface area contributed by atoms with Crippen LogP contribution in [0.15, 0.2) is 18.2 Å². The van der Waals surface area contributed by atoms with Gasteiger partial charge in [-0.25, -0.2) is 4.79 Å². The summed E-state index contributed by atoms with van der Waals surface area (Å²) in [6.07, 6.45) is -0.285. The van der Waals surface area contributed by atoms with Crippen LogP contribution >= 0.6 is 0 Å². The third kappa shape index (κ3) is 4.52. The maximum Gasteiger partial charge on any atom is 0.342 e. The van der Waals surface area contributed by atoms with Crippen LogP contribution in [-0.2, 0) is 9.59 Å². The number of carbonyl (C=O) groups is 3. The standard InChI is InChI=1S/C12H13N3O7/c13-8(12(19)20)2-4-10(16)14-6-1-3-9(15(21)22)7(5-6)11(17)18/h1,3,5,8H,2,4,13H2,(H,14,16)(H,17,18)(H,19,20)/t8-/m1/s1. The van der Waals surface area contributed by atoms with Crippen LogP contribution in [0.25, 0.3) is 0 Å². The quantitative estimate of drug-likeness (QED) is 0.414. The predicted octanol–water partition coefficient (Wildman–Crippen LogP) is 0.424. The van der Waals surface area contributed by atoms with Crippen LogP contribution in [0.2, 0.25) is 0 Å². The van der Waals surface area contributed by atoms with E-state index in [2.05, 4.69) is 5.32 Å². The van der Waals surface area contributed by atoms with Crippen LogP contribution < -0.4 is 11.1 Å². The van der Waals surface area contributed by atoms with Crippen LogP contribution in [0, 0.1) is 10.1 Å². The fourth-order valence-corrected chi connectivity index (χ4v) is 1.58. The highest BCUT2D eigenvalue weighted by molar-refractivity contribution is 5.96. The summed E-state index contributed by atoms with van der Waals surface area (Å²) >= 11 is 0. The SMILES string of the molecule is N[C@H](CCC(=O)Nc1ccc([N+](=O)[O-])c(C(=O)O)c1)C(=O)O. The van der Waals surface area contributed by atoms with Gasteiger partial charge in [0, 0.05) is 18.2 Å². The molecular weight excluding hydrogens is 298 g/mol. The van der Waals surface area contributed by atoms with Crippen LogP contribution in [0.1, 0.15) is 23.2 Å². The van der Waals surface area contributed by atoms with Crippen molar-refractivity contribution in [1.82, 2.24) is 0 Å². The molecule has 1 rings (SSSR count). The van der Waals surface area contributed by atoms with E-state index in [-0.39, 0.29) is 18.5 Å². The Morgan fingerprint density at radius 2 is 1.95 bits per heavy atom. The number of hydrogen-bond donors (Lipinski definition) is 4. The van der Waals surface area contributed by atoms with Crippen molar-refractivity contribution >= 4 is 29.2 Å². The largest absolute Gasteiger partial charge is 0.480 e. The predicted molar refractivity (Wildman–Crippen MR) is 73.5 cm³/mol. The number of nitro benzene ring substituents is 1. The molecule has 1 aromatic carbocycles. The number of hydrogen-bond acceptors (Lipinski definition) is 6. The molecule has 0 aromatic heterocycles. The number of aliphatic carboxylic acids is 1. The van der Waals surface area contributed by atoms with Gasteiger partial charge in [0.1, 0.15) is 11.6 Å². The number of aromatic carboxylic acids is 1. The summed E-state index contributed by atoms with van der Waals surface area (Å²) in [5, 5.41) is 30.5. The number of nitro groups is 1. The summed E-state index contributed by atoms with van der Waals surface area (Å²) in [4.78, 5) is 42.9.